The quantitative estimate of drug-likeness (QED) is 0.502. The molecule has 0 aliphatic heterocycles. The molecule has 8 atom stereocenters. The van der Waals surface area contributed by atoms with E-state index in [0.29, 0.717) is 23.0 Å². The molecule has 0 saturated heterocycles. The van der Waals surface area contributed by atoms with Crippen molar-refractivity contribution in [1.82, 2.24) is 0 Å². The van der Waals surface area contributed by atoms with Crippen LogP contribution < -0.4 is 0 Å². The normalized spacial score (nSPS) is 45.0. The van der Waals surface area contributed by atoms with Crippen LogP contribution in [0.2, 0.25) is 0 Å². The lowest BCUT2D eigenvalue weighted by Crippen LogP contribution is -2.57. The van der Waals surface area contributed by atoms with Crippen molar-refractivity contribution in [3.63, 3.8) is 0 Å². The van der Waals surface area contributed by atoms with Gasteiger partial charge >= 0.3 is 0 Å². The Bertz CT molecular complexity index is 733. The van der Waals surface area contributed by atoms with Gasteiger partial charge in [0, 0.05) is 11.3 Å². The first-order valence-electron chi connectivity index (χ1n) is 13.4. The molecule has 0 aromatic rings. The first-order valence-corrected chi connectivity index (χ1v) is 13.4. The predicted octanol–water partition coefficient (Wildman–Crippen LogP) is 7.20. The molecule has 0 radical (unpaired) electrons. The molecule has 2 nitrogen and oxygen atoms in total. The summed E-state index contributed by atoms with van der Waals surface area (Å²) >= 11 is 0. The van der Waals surface area contributed by atoms with Gasteiger partial charge in [0.25, 0.3) is 0 Å². The smallest absolute Gasteiger partial charge is 0.159 e. The Kier molecular flexibility index (Phi) is 6.07. The van der Waals surface area contributed by atoms with Crippen LogP contribution in [0.4, 0.5) is 0 Å². The molecule has 176 valence electrons. The molecule has 4 rings (SSSR count). The summed E-state index contributed by atoms with van der Waals surface area (Å²) in [4.78, 5) is 13.7. The third-order valence-corrected chi connectivity index (χ3v) is 11.0. The van der Waals surface area contributed by atoms with Crippen LogP contribution in [-0.2, 0) is 4.79 Å². The molecular weight excluding hydrogens is 380 g/mol. The Morgan fingerprint density at radius 3 is 2.35 bits per heavy atom. The number of carbonyl (C=O) groups is 1. The molecule has 0 aromatic carbocycles. The number of fused-ring (bicyclic) bond motifs is 5. The summed E-state index contributed by atoms with van der Waals surface area (Å²) in [7, 11) is 0. The number of rotatable bonds is 5. The summed E-state index contributed by atoms with van der Waals surface area (Å²) in [6.07, 6.45) is 12.7. The highest BCUT2D eigenvalue weighted by atomic mass is 16.3. The van der Waals surface area contributed by atoms with Crippen LogP contribution in [-0.4, -0.2) is 17.0 Å². The van der Waals surface area contributed by atoms with Gasteiger partial charge in [0.15, 0.2) is 5.78 Å². The van der Waals surface area contributed by atoms with E-state index in [1.54, 1.807) is 0 Å². The summed E-state index contributed by atoms with van der Waals surface area (Å²) in [5, 5.41) is 10.7. The number of allylic oxidation sites excluding steroid dienone is 1. The van der Waals surface area contributed by atoms with Crippen LogP contribution in [0.3, 0.4) is 0 Å². The van der Waals surface area contributed by atoms with Gasteiger partial charge in [0.05, 0.1) is 6.10 Å². The third kappa shape index (κ3) is 3.58. The Morgan fingerprint density at radius 1 is 0.968 bits per heavy atom. The Hall–Kier alpha value is -0.630. The lowest BCUT2D eigenvalue weighted by Gasteiger charge is -2.60. The van der Waals surface area contributed by atoms with E-state index in [4.69, 9.17) is 0 Å². The van der Waals surface area contributed by atoms with Gasteiger partial charge in [-0.3, -0.25) is 4.79 Å². The Morgan fingerprint density at radius 2 is 1.68 bits per heavy atom. The number of aliphatic hydroxyl groups is 1. The molecular formula is C29H48O2. The molecule has 2 heteroatoms. The maximum absolute atomic E-state index is 13.7. The summed E-state index contributed by atoms with van der Waals surface area (Å²) < 4.78 is 0. The number of ketones is 1. The van der Waals surface area contributed by atoms with Gasteiger partial charge in [-0.25, -0.2) is 0 Å². The molecule has 0 heterocycles. The fraction of sp³-hybridized carbons (Fsp3) is 0.897. The van der Waals surface area contributed by atoms with E-state index >= 15 is 0 Å². The minimum atomic E-state index is -0.326. The highest BCUT2D eigenvalue weighted by Gasteiger charge is 2.63. The Labute approximate surface area is 191 Å². The number of carbonyl (C=O) groups excluding carboxylic acids is 1. The van der Waals surface area contributed by atoms with Gasteiger partial charge in [0.1, 0.15) is 0 Å². The zero-order chi connectivity index (χ0) is 22.8. The van der Waals surface area contributed by atoms with Gasteiger partial charge in [-0.1, -0.05) is 73.3 Å². The van der Waals surface area contributed by atoms with Crippen molar-refractivity contribution in [2.45, 2.75) is 112 Å². The molecule has 31 heavy (non-hydrogen) atoms. The van der Waals surface area contributed by atoms with Gasteiger partial charge in [0.2, 0.25) is 0 Å². The first kappa shape index (κ1) is 23.5. The van der Waals surface area contributed by atoms with Crippen LogP contribution in [0.15, 0.2) is 11.6 Å². The fourth-order valence-corrected chi connectivity index (χ4v) is 9.10. The van der Waals surface area contributed by atoms with Gasteiger partial charge in [-0.15, -0.1) is 0 Å². The monoisotopic (exact) mass is 428 g/mol. The number of hydrogen-bond acceptors (Lipinski definition) is 2. The van der Waals surface area contributed by atoms with E-state index in [9.17, 15) is 9.90 Å². The zero-order valence-corrected chi connectivity index (χ0v) is 21.3. The minimum Gasteiger partial charge on any atom is -0.392 e. The second-order valence-electron chi connectivity index (χ2n) is 13.4. The van der Waals surface area contributed by atoms with Crippen LogP contribution in [0.5, 0.6) is 0 Å². The summed E-state index contributed by atoms with van der Waals surface area (Å²) in [5.41, 5.74) is 1.39. The molecule has 3 saturated carbocycles. The van der Waals surface area contributed by atoms with E-state index in [1.165, 1.54) is 50.5 Å². The third-order valence-electron chi connectivity index (χ3n) is 11.0. The van der Waals surface area contributed by atoms with Crippen LogP contribution >= 0.6 is 0 Å². The molecule has 0 bridgehead atoms. The standard InChI is InChI=1S/C29H48O2/c1-18(2)9-8-10-19(3)20-11-12-21-26-22(13-15-28(20,21)6)29(7)16-14-25(31)27(4,5)24(29)17-23(26)30/h17-22,25-26,31H,8-16H2,1-7H3/t19-,20-,21+,22+,25+,26+,28-,29-/m1/s1. The average molecular weight is 429 g/mol. The topological polar surface area (TPSA) is 37.3 Å². The van der Waals surface area contributed by atoms with E-state index < -0.39 is 0 Å². The van der Waals surface area contributed by atoms with Crippen molar-refractivity contribution < 1.29 is 9.90 Å². The van der Waals surface area contributed by atoms with Crippen LogP contribution in [0.1, 0.15) is 106 Å². The van der Waals surface area contributed by atoms with Crippen molar-refractivity contribution in [3.05, 3.63) is 11.6 Å². The van der Waals surface area contributed by atoms with E-state index in [0.717, 1.165) is 30.6 Å². The van der Waals surface area contributed by atoms with Crippen LogP contribution in [0, 0.1) is 51.8 Å². The molecule has 0 amide bonds. The van der Waals surface area contributed by atoms with E-state index in [-0.39, 0.29) is 22.9 Å². The first-order chi connectivity index (χ1) is 14.4. The van der Waals surface area contributed by atoms with Crippen molar-refractivity contribution >= 4 is 5.78 Å². The van der Waals surface area contributed by atoms with Gasteiger partial charge < -0.3 is 5.11 Å². The maximum atomic E-state index is 13.7. The van der Waals surface area contributed by atoms with Crippen molar-refractivity contribution in [2.24, 2.45) is 51.8 Å². The summed E-state index contributed by atoms with van der Waals surface area (Å²) in [6, 6.07) is 0. The largest absolute Gasteiger partial charge is 0.392 e. The number of aliphatic hydroxyl groups excluding tert-OH is 1. The van der Waals surface area contributed by atoms with Crippen LogP contribution in [0.25, 0.3) is 0 Å². The average Bonchev–Trinajstić information content (AvgIpc) is 3.04. The van der Waals surface area contributed by atoms with E-state index in [2.05, 4.69) is 48.5 Å². The van der Waals surface area contributed by atoms with Crippen molar-refractivity contribution in [2.75, 3.05) is 0 Å². The highest BCUT2D eigenvalue weighted by Crippen LogP contribution is 2.68. The lowest BCUT2D eigenvalue weighted by atomic mass is 9.44. The number of hydrogen-bond donors (Lipinski definition) is 1. The zero-order valence-electron chi connectivity index (χ0n) is 21.3. The molecule has 1 N–H and O–H groups in total. The van der Waals surface area contributed by atoms with E-state index in [1.807, 2.05) is 6.08 Å². The molecule has 3 fully saturated rings. The predicted molar refractivity (Wildman–Crippen MR) is 129 cm³/mol. The molecule has 0 spiro atoms. The minimum absolute atomic E-state index is 0.0869. The lowest BCUT2D eigenvalue weighted by molar-refractivity contribution is -0.137. The fourth-order valence-electron chi connectivity index (χ4n) is 9.10. The molecule has 0 aromatic heterocycles. The Balaban J connectivity index is 1.59. The van der Waals surface area contributed by atoms with Gasteiger partial charge in [-0.05, 0) is 85.0 Å². The molecule has 0 unspecified atom stereocenters. The molecule has 4 aliphatic rings. The SMILES string of the molecule is CC(C)CCC[C@@H](C)[C@H]1CC[C@H]2[C@@H]3C(=O)C=C4C(C)(C)[C@@H](O)CC[C@]4(C)[C@H]3CC[C@]12C. The van der Waals surface area contributed by atoms with Gasteiger partial charge in [-0.2, -0.15) is 0 Å². The second kappa shape index (κ2) is 8.00. The summed E-state index contributed by atoms with van der Waals surface area (Å²) in [6.45, 7) is 16.5. The van der Waals surface area contributed by atoms with Crippen molar-refractivity contribution in [3.8, 4) is 0 Å². The van der Waals surface area contributed by atoms with Crippen molar-refractivity contribution in [1.29, 1.82) is 0 Å². The molecule has 4 aliphatic carbocycles. The maximum Gasteiger partial charge on any atom is 0.159 e. The summed E-state index contributed by atoms with van der Waals surface area (Å²) in [5.74, 6) is 3.99. The highest BCUT2D eigenvalue weighted by molar-refractivity contribution is 5.95. The second-order valence-corrected chi connectivity index (χ2v) is 13.4.